The standard InChI is InChI=1S/C31H38Cl2N2O5S/c1-31(2,16-8-12-22-9-5-4-6-10-22)34-20-26(36)21-35(3)41(39,40)30-27(32)18-25(19-28(30)33)24-13-7-11-23(17-24)14-15-29(37)38/h4-7,9-11,13,17-19,26,34,36H,8,12,14-16,20-21H2,1-3H3,(H,37,38)/t26-/m1/s1. The molecule has 0 amide bonds. The molecule has 0 aliphatic carbocycles. The highest BCUT2D eigenvalue weighted by molar-refractivity contribution is 7.89. The third kappa shape index (κ3) is 9.81. The molecule has 0 radical (unpaired) electrons. The Morgan fingerprint density at radius 3 is 2.22 bits per heavy atom. The minimum atomic E-state index is -4.10. The van der Waals surface area contributed by atoms with Gasteiger partial charge in [0.1, 0.15) is 4.90 Å². The second-order valence-electron chi connectivity index (χ2n) is 10.9. The minimum Gasteiger partial charge on any atom is -0.481 e. The summed E-state index contributed by atoms with van der Waals surface area (Å²) in [7, 11) is -2.72. The number of hydrogen-bond acceptors (Lipinski definition) is 5. The number of β-amino-alcohol motifs (C(OH)–C–C–N with tert-alkyl or cyclic N) is 1. The molecule has 0 saturated carbocycles. The summed E-state index contributed by atoms with van der Waals surface area (Å²) in [5.41, 5.74) is 3.22. The van der Waals surface area contributed by atoms with E-state index in [-0.39, 0.29) is 40.0 Å². The second kappa shape index (κ2) is 14.6. The molecule has 7 nitrogen and oxygen atoms in total. The summed E-state index contributed by atoms with van der Waals surface area (Å²) in [5.74, 6) is -0.886. The first kappa shape index (κ1) is 33.0. The Bertz CT molecular complexity index is 1410. The predicted molar refractivity (Wildman–Crippen MR) is 165 cm³/mol. The molecule has 0 heterocycles. The van der Waals surface area contributed by atoms with Crippen molar-refractivity contribution in [1.29, 1.82) is 0 Å². The van der Waals surface area contributed by atoms with Gasteiger partial charge < -0.3 is 15.5 Å². The van der Waals surface area contributed by atoms with Crippen molar-refractivity contribution >= 4 is 39.2 Å². The normalized spacial score (nSPS) is 13.0. The smallest absolute Gasteiger partial charge is 0.303 e. The number of nitrogens with zero attached hydrogens (tertiary/aromatic N) is 1. The molecule has 0 aromatic heterocycles. The molecule has 0 bridgehead atoms. The fourth-order valence-electron chi connectivity index (χ4n) is 4.61. The molecular formula is C31H38Cl2N2O5S. The monoisotopic (exact) mass is 620 g/mol. The first-order chi connectivity index (χ1) is 19.3. The first-order valence-electron chi connectivity index (χ1n) is 13.5. The van der Waals surface area contributed by atoms with E-state index in [0.29, 0.717) is 12.0 Å². The molecule has 10 heteroatoms. The molecule has 222 valence electrons. The number of carboxylic acids is 1. The van der Waals surface area contributed by atoms with Crippen LogP contribution in [0.4, 0.5) is 0 Å². The van der Waals surface area contributed by atoms with Crippen LogP contribution < -0.4 is 5.32 Å². The lowest BCUT2D eigenvalue weighted by Crippen LogP contribution is -2.46. The van der Waals surface area contributed by atoms with Gasteiger partial charge in [-0.05, 0) is 73.9 Å². The summed E-state index contributed by atoms with van der Waals surface area (Å²) in [6, 6.07) is 20.6. The molecule has 3 N–H and O–H groups in total. The van der Waals surface area contributed by atoms with Gasteiger partial charge in [-0.25, -0.2) is 8.42 Å². The highest BCUT2D eigenvalue weighted by Gasteiger charge is 2.29. The second-order valence-corrected chi connectivity index (χ2v) is 13.7. The van der Waals surface area contributed by atoms with Gasteiger partial charge in [-0.3, -0.25) is 4.79 Å². The minimum absolute atomic E-state index is 0.00160. The van der Waals surface area contributed by atoms with E-state index >= 15 is 0 Å². The van der Waals surface area contributed by atoms with Crippen molar-refractivity contribution < 1.29 is 23.4 Å². The number of hydrogen-bond donors (Lipinski definition) is 3. The fourth-order valence-corrected chi connectivity index (χ4v) is 6.97. The van der Waals surface area contributed by atoms with Gasteiger partial charge in [-0.15, -0.1) is 0 Å². The van der Waals surface area contributed by atoms with Crippen molar-refractivity contribution in [2.75, 3.05) is 20.1 Å². The van der Waals surface area contributed by atoms with E-state index in [0.717, 1.165) is 34.7 Å². The van der Waals surface area contributed by atoms with Crippen molar-refractivity contribution in [3.8, 4) is 11.1 Å². The Kier molecular flexibility index (Phi) is 11.8. The van der Waals surface area contributed by atoms with Crippen LogP contribution in [0.3, 0.4) is 0 Å². The van der Waals surface area contributed by atoms with Crippen molar-refractivity contribution in [2.45, 2.75) is 62.5 Å². The van der Waals surface area contributed by atoms with Crippen LogP contribution >= 0.6 is 23.2 Å². The van der Waals surface area contributed by atoms with Gasteiger partial charge >= 0.3 is 5.97 Å². The molecule has 41 heavy (non-hydrogen) atoms. The summed E-state index contributed by atoms with van der Waals surface area (Å²) in [6.07, 6.45) is 2.25. The van der Waals surface area contributed by atoms with E-state index in [1.165, 1.54) is 24.7 Å². The van der Waals surface area contributed by atoms with Crippen LogP contribution in [0.15, 0.2) is 71.6 Å². The Morgan fingerprint density at radius 1 is 0.951 bits per heavy atom. The van der Waals surface area contributed by atoms with Gasteiger partial charge in [-0.1, -0.05) is 77.8 Å². The number of carbonyl (C=O) groups is 1. The van der Waals surface area contributed by atoms with E-state index in [9.17, 15) is 18.3 Å². The highest BCUT2D eigenvalue weighted by Crippen LogP contribution is 2.36. The van der Waals surface area contributed by atoms with Crippen LogP contribution in [0, 0.1) is 0 Å². The summed E-state index contributed by atoms with van der Waals surface area (Å²) in [4.78, 5) is 10.7. The molecule has 1 atom stereocenters. The molecular weight excluding hydrogens is 583 g/mol. The maximum atomic E-state index is 13.4. The zero-order valence-electron chi connectivity index (χ0n) is 23.6. The van der Waals surface area contributed by atoms with E-state index in [4.69, 9.17) is 28.3 Å². The number of aryl methyl sites for hydroxylation is 2. The predicted octanol–water partition coefficient (Wildman–Crippen LogP) is 6.05. The number of aliphatic carboxylic acids is 1. The maximum Gasteiger partial charge on any atom is 0.303 e. The third-order valence-corrected chi connectivity index (χ3v) is 9.69. The summed E-state index contributed by atoms with van der Waals surface area (Å²) in [5, 5.41) is 22.9. The van der Waals surface area contributed by atoms with E-state index < -0.39 is 22.1 Å². The van der Waals surface area contributed by atoms with E-state index in [1.807, 2.05) is 36.4 Å². The van der Waals surface area contributed by atoms with Crippen LogP contribution in [0.1, 0.15) is 44.2 Å². The average Bonchev–Trinajstić information content (AvgIpc) is 2.91. The molecule has 0 aliphatic heterocycles. The van der Waals surface area contributed by atoms with E-state index in [2.05, 4.69) is 31.3 Å². The van der Waals surface area contributed by atoms with Crippen LogP contribution in [-0.2, 0) is 27.7 Å². The number of sulfonamides is 1. The van der Waals surface area contributed by atoms with Gasteiger partial charge in [0.05, 0.1) is 16.1 Å². The summed E-state index contributed by atoms with van der Waals surface area (Å²) >= 11 is 12.9. The van der Waals surface area contributed by atoms with Crippen molar-refractivity contribution in [3.63, 3.8) is 0 Å². The fraction of sp³-hybridized carbons (Fsp3) is 0.387. The number of nitrogens with one attached hydrogen (secondary N) is 1. The molecule has 0 fully saturated rings. The summed E-state index contributed by atoms with van der Waals surface area (Å²) in [6.45, 7) is 4.20. The van der Waals surface area contributed by atoms with Gasteiger partial charge in [-0.2, -0.15) is 4.31 Å². The number of aliphatic hydroxyl groups excluding tert-OH is 1. The Hall–Kier alpha value is -2.46. The Morgan fingerprint density at radius 2 is 1.59 bits per heavy atom. The SMILES string of the molecule is CN(C[C@H](O)CNC(C)(C)CCCc1ccccc1)S(=O)(=O)c1c(Cl)cc(-c2cccc(CCC(=O)O)c2)cc1Cl. The van der Waals surface area contributed by atoms with Gasteiger partial charge in [0.15, 0.2) is 0 Å². The molecule has 3 rings (SSSR count). The van der Waals surface area contributed by atoms with Crippen LogP contribution in [0.5, 0.6) is 0 Å². The lowest BCUT2D eigenvalue weighted by atomic mass is 9.95. The van der Waals surface area contributed by atoms with Gasteiger partial charge in [0, 0.05) is 32.1 Å². The van der Waals surface area contributed by atoms with Crippen molar-refractivity contribution in [1.82, 2.24) is 9.62 Å². The summed E-state index contributed by atoms with van der Waals surface area (Å²) < 4.78 is 27.9. The molecule has 3 aromatic rings. The molecule has 0 unspecified atom stereocenters. The quantitative estimate of drug-likeness (QED) is 0.191. The number of benzene rings is 3. The Balaban J connectivity index is 1.62. The van der Waals surface area contributed by atoms with E-state index in [1.54, 1.807) is 6.07 Å². The highest BCUT2D eigenvalue weighted by atomic mass is 35.5. The number of halogens is 2. The van der Waals surface area contributed by atoms with Crippen LogP contribution in [-0.4, -0.2) is 60.7 Å². The lowest BCUT2D eigenvalue weighted by Gasteiger charge is -2.29. The van der Waals surface area contributed by atoms with Crippen LogP contribution in [0.2, 0.25) is 10.0 Å². The number of likely N-dealkylation sites (N-methyl/N-ethyl adjacent to an activating group) is 1. The molecule has 0 saturated heterocycles. The van der Waals surface area contributed by atoms with Crippen molar-refractivity contribution in [2.24, 2.45) is 0 Å². The zero-order valence-corrected chi connectivity index (χ0v) is 25.9. The number of rotatable bonds is 15. The topological polar surface area (TPSA) is 107 Å². The van der Waals surface area contributed by atoms with Gasteiger partial charge in [0.2, 0.25) is 10.0 Å². The maximum absolute atomic E-state index is 13.4. The molecule has 0 spiro atoms. The molecule has 3 aromatic carbocycles. The first-order valence-corrected chi connectivity index (χ1v) is 15.7. The third-order valence-electron chi connectivity index (χ3n) is 6.95. The van der Waals surface area contributed by atoms with Gasteiger partial charge in [0.25, 0.3) is 0 Å². The lowest BCUT2D eigenvalue weighted by molar-refractivity contribution is -0.136. The van der Waals surface area contributed by atoms with Crippen molar-refractivity contribution in [3.05, 3.63) is 87.9 Å². The number of aliphatic hydroxyl groups is 1. The largest absolute Gasteiger partial charge is 0.481 e. The number of carboxylic acid groups (broad SMARTS) is 1. The zero-order chi connectivity index (χ0) is 30.2. The average molecular weight is 622 g/mol. The van der Waals surface area contributed by atoms with Crippen LogP contribution in [0.25, 0.3) is 11.1 Å². The Labute approximate surface area is 253 Å². The molecule has 0 aliphatic rings.